The molecule has 0 saturated heterocycles. The van der Waals surface area contributed by atoms with Crippen LogP contribution in [0.5, 0.6) is 0 Å². The Labute approximate surface area is 118 Å². The highest BCUT2D eigenvalue weighted by atomic mass is 35.5. The molecular formula is C11H17ClN2O2S2. The number of likely N-dealkylation sites (N-methyl/N-ethyl adjacent to an activating group) is 1. The first-order valence-corrected chi connectivity index (χ1v) is 8.40. The minimum Gasteiger partial charge on any atom is -0.329 e. The van der Waals surface area contributed by atoms with Crippen molar-refractivity contribution in [1.82, 2.24) is 4.31 Å². The van der Waals surface area contributed by atoms with Gasteiger partial charge in [-0.2, -0.15) is 4.31 Å². The largest absolute Gasteiger partial charge is 0.329 e. The number of halogens is 1. The zero-order valence-corrected chi connectivity index (χ0v) is 12.9. The summed E-state index contributed by atoms with van der Waals surface area (Å²) in [4.78, 5) is 1.04. The van der Waals surface area contributed by atoms with Crippen molar-refractivity contribution < 1.29 is 8.42 Å². The zero-order chi connectivity index (χ0) is 13.9. The molecule has 18 heavy (non-hydrogen) atoms. The molecule has 0 saturated carbocycles. The third-order valence-corrected chi connectivity index (χ3v) is 5.95. The zero-order valence-electron chi connectivity index (χ0n) is 10.6. The molecule has 2 N–H and O–H groups in total. The lowest BCUT2D eigenvalue weighted by atomic mass is 10.4. The van der Waals surface area contributed by atoms with Crippen molar-refractivity contribution in [2.45, 2.75) is 22.8 Å². The van der Waals surface area contributed by atoms with Crippen LogP contribution in [-0.2, 0) is 10.0 Å². The second kappa shape index (κ2) is 6.25. The fourth-order valence-corrected chi connectivity index (χ4v) is 3.69. The lowest BCUT2D eigenvalue weighted by Gasteiger charge is -2.23. The molecule has 0 spiro atoms. The van der Waals surface area contributed by atoms with E-state index in [1.54, 1.807) is 19.1 Å². The molecular weight excluding hydrogens is 292 g/mol. The van der Waals surface area contributed by atoms with E-state index in [1.165, 1.54) is 29.2 Å². The van der Waals surface area contributed by atoms with Gasteiger partial charge in [0, 0.05) is 24.5 Å². The lowest BCUT2D eigenvalue weighted by molar-refractivity contribution is 0.394. The predicted molar refractivity (Wildman–Crippen MR) is 76.7 cm³/mol. The second-order valence-electron chi connectivity index (χ2n) is 3.90. The fraction of sp³-hybridized carbons (Fsp3) is 0.455. The van der Waals surface area contributed by atoms with E-state index in [-0.39, 0.29) is 17.5 Å². The molecule has 0 aliphatic carbocycles. The molecule has 1 unspecified atom stereocenters. The van der Waals surface area contributed by atoms with Crippen LogP contribution in [0.3, 0.4) is 0 Å². The fourth-order valence-electron chi connectivity index (χ4n) is 1.36. The van der Waals surface area contributed by atoms with Gasteiger partial charge in [0.25, 0.3) is 0 Å². The lowest BCUT2D eigenvalue weighted by Crippen LogP contribution is -2.39. The van der Waals surface area contributed by atoms with Crippen molar-refractivity contribution in [1.29, 1.82) is 0 Å². The van der Waals surface area contributed by atoms with E-state index in [4.69, 9.17) is 17.3 Å². The van der Waals surface area contributed by atoms with Crippen LogP contribution in [0.1, 0.15) is 6.92 Å². The van der Waals surface area contributed by atoms with Gasteiger partial charge in [0.2, 0.25) is 10.0 Å². The average Bonchev–Trinajstić information content (AvgIpc) is 2.36. The third kappa shape index (κ3) is 3.19. The van der Waals surface area contributed by atoms with E-state index in [9.17, 15) is 8.42 Å². The summed E-state index contributed by atoms with van der Waals surface area (Å²) in [5.74, 6) is 0. The van der Waals surface area contributed by atoms with Crippen molar-refractivity contribution in [2.75, 3.05) is 19.8 Å². The molecule has 102 valence electrons. The maximum absolute atomic E-state index is 12.3. The maximum atomic E-state index is 12.3. The Morgan fingerprint density at radius 2 is 2.11 bits per heavy atom. The predicted octanol–water partition coefficient (Wildman–Crippen LogP) is 2.03. The summed E-state index contributed by atoms with van der Waals surface area (Å²) >= 11 is 7.50. The minimum atomic E-state index is -3.54. The number of thioether (sulfide) groups is 1. The molecule has 0 aliphatic rings. The van der Waals surface area contributed by atoms with Crippen molar-refractivity contribution >= 4 is 33.4 Å². The summed E-state index contributed by atoms with van der Waals surface area (Å²) in [7, 11) is -2.02. The normalized spacial score (nSPS) is 13.9. The summed E-state index contributed by atoms with van der Waals surface area (Å²) in [6.45, 7) is 2.03. The van der Waals surface area contributed by atoms with Crippen LogP contribution in [0, 0.1) is 0 Å². The first-order chi connectivity index (χ1) is 8.34. The molecule has 1 aromatic rings. The van der Waals surface area contributed by atoms with Crippen molar-refractivity contribution in [3.8, 4) is 0 Å². The van der Waals surface area contributed by atoms with E-state index in [0.717, 1.165) is 4.90 Å². The Bertz CT molecular complexity index is 520. The molecule has 0 fully saturated rings. The van der Waals surface area contributed by atoms with Gasteiger partial charge in [-0.15, -0.1) is 11.8 Å². The summed E-state index contributed by atoms with van der Waals surface area (Å²) < 4.78 is 25.8. The molecule has 1 rings (SSSR count). The highest BCUT2D eigenvalue weighted by Gasteiger charge is 2.25. The van der Waals surface area contributed by atoms with E-state index in [2.05, 4.69) is 0 Å². The Balaban J connectivity index is 3.17. The number of sulfonamides is 1. The molecule has 4 nitrogen and oxygen atoms in total. The number of hydrogen-bond donors (Lipinski definition) is 1. The van der Waals surface area contributed by atoms with Crippen molar-refractivity contribution in [3.63, 3.8) is 0 Å². The number of hydrogen-bond acceptors (Lipinski definition) is 4. The van der Waals surface area contributed by atoms with Crippen LogP contribution in [-0.4, -0.2) is 38.6 Å². The molecule has 1 aromatic carbocycles. The molecule has 7 heteroatoms. The van der Waals surface area contributed by atoms with Gasteiger partial charge in [0.05, 0.1) is 9.92 Å². The molecule has 0 bridgehead atoms. The highest BCUT2D eigenvalue weighted by Crippen LogP contribution is 2.28. The third-order valence-electron chi connectivity index (χ3n) is 2.76. The van der Waals surface area contributed by atoms with E-state index in [0.29, 0.717) is 5.02 Å². The molecule has 0 amide bonds. The van der Waals surface area contributed by atoms with Crippen molar-refractivity contribution in [3.05, 3.63) is 23.2 Å². The first kappa shape index (κ1) is 15.8. The Morgan fingerprint density at radius 3 is 2.56 bits per heavy atom. The van der Waals surface area contributed by atoms with Crippen LogP contribution >= 0.6 is 23.4 Å². The Hall–Kier alpha value is -0.270. The van der Waals surface area contributed by atoms with Crippen LogP contribution in [0.4, 0.5) is 0 Å². The number of rotatable bonds is 5. The van der Waals surface area contributed by atoms with Crippen LogP contribution in [0.2, 0.25) is 5.02 Å². The van der Waals surface area contributed by atoms with Crippen LogP contribution < -0.4 is 5.73 Å². The molecule has 0 aromatic heterocycles. The van der Waals surface area contributed by atoms with E-state index >= 15 is 0 Å². The van der Waals surface area contributed by atoms with Gasteiger partial charge in [0.1, 0.15) is 0 Å². The Morgan fingerprint density at radius 1 is 1.50 bits per heavy atom. The topological polar surface area (TPSA) is 63.4 Å². The number of nitrogens with zero attached hydrogens (tertiary/aromatic N) is 1. The molecule has 1 atom stereocenters. The van der Waals surface area contributed by atoms with Gasteiger partial charge in [-0.1, -0.05) is 11.6 Å². The highest BCUT2D eigenvalue weighted by molar-refractivity contribution is 7.98. The summed E-state index contributed by atoms with van der Waals surface area (Å²) in [6, 6.07) is 4.49. The van der Waals surface area contributed by atoms with Gasteiger partial charge >= 0.3 is 0 Å². The molecule has 0 aliphatic heterocycles. The summed E-state index contributed by atoms with van der Waals surface area (Å²) in [5.41, 5.74) is 5.49. The Kier molecular flexibility index (Phi) is 5.48. The number of nitrogens with two attached hydrogens (primary N) is 1. The van der Waals surface area contributed by atoms with Crippen LogP contribution in [0.25, 0.3) is 0 Å². The summed E-state index contributed by atoms with van der Waals surface area (Å²) in [5, 5.41) is 0.442. The standard InChI is InChI=1S/C11H17ClN2O2S2/c1-8(7-13)14(2)18(15,16)9-4-5-11(17-3)10(12)6-9/h4-6,8H,7,13H2,1-3H3. The SMILES string of the molecule is CSc1ccc(S(=O)(=O)N(C)C(C)CN)cc1Cl. The van der Waals surface area contributed by atoms with Crippen molar-refractivity contribution in [2.24, 2.45) is 5.73 Å². The summed E-state index contributed by atoms with van der Waals surface area (Å²) in [6.07, 6.45) is 1.89. The quantitative estimate of drug-likeness (QED) is 0.845. The smallest absolute Gasteiger partial charge is 0.243 e. The monoisotopic (exact) mass is 308 g/mol. The van der Waals surface area contributed by atoms with Gasteiger partial charge in [0.15, 0.2) is 0 Å². The van der Waals surface area contributed by atoms with E-state index in [1.807, 2.05) is 6.26 Å². The second-order valence-corrected chi connectivity index (χ2v) is 7.16. The van der Waals surface area contributed by atoms with Gasteiger partial charge in [-0.25, -0.2) is 8.42 Å². The number of benzene rings is 1. The average molecular weight is 309 g/mol. The minimum absolute atomic E-state index is 0.188. The van der Waals surface area contributed by atoms with E-state index < -0.39 is 10.0 Å². The molecule has 0 radical (unpaired) electrons. The first-order valence-electron chi connectivity index (χ1n) is 5.36. The molecule has 0 heterocycles. The van der Waals surface area contributed by atoms with Gasteiger partial charge in [-0.05, 0) is 31.4 Å². The maximum Gasteiger partial charge on any atom is 0.243 e. The van der Waals surface area contributed by atoms with Crippen LogP contribution in [0.15, 0.2) is 28.0 Å². The van der Waals surface area contributed by atoms with Gasteiger partial charge in [-0.3, -0.25) is 0 Å². The van der Waals surface area contributed by atoms with Gasteiger partial charge < -0.3 is 5.73 Å².